The Hall–Kier alpha value is -4.39. The number of aryl methyl sites for hydroxylation is 1. The molecule has 2 aromatic carbocycles. The average molecular weight is 426 g/mol. The molecule has 0 spiro atoms. The van der Waals surface area contributed by atoms with Crippen molar-refractivity contribution >= 4 is 40.8 Å². The Bertz CT molecular complexity index is 1260. The first-order valence-corrected chi connectivity index (χ1v) is 9.76. The summed E-state index contributed by atoms with van der Waals surface area (Å²) < 4.78 is 0. The summed E-state index contributed by atoms with van der Waals surface area (Å²) in [5.41, 5.74) is 3.26. The monoisotopic (exact) mass is 426 g/mol. The quantitative estimate of drug-likeness (QED) is 0.416. The summed E-state index contributed by atoms with van der Waals surface area (Å²) in [6.45, 7) is 7.10. The van der Waals surface area contributed by atoms with E-state index in [9.17, 15) is 24.0 Å². The molecule has 2 heterocycles. The van der Waals surface area contributed by atoms with Crippen LogP contribution in [0.2, 0.25) is 0 Å². The minimum atomic E-state index is -0.478. The molecular weight excluding hydrogens is 408 g/mol. The molecule has 0 aliphatic carbocycles. The van der Waals surface area contributed by atoms with Gasteiger partial charge in [-0.1, -0.05) is 18.7 Å². The number of imide groups is 2. The lowest BCUT2D eigenvalue weighted by Gasteiger charge is -2.20. The third-order valence-corrected chi connectivity index (χ3v) is 5.24. The standard InChI is InChI=1S/C25H18N2O5/c1-14(2)25(32)19-13-18(27-22(30)10-11-23(27)31)12-15(3)24(19)16-4-6-17(7-5-16)26-20(28)8-9-21(26)29/h4-13H,1H2,2-3H3. The van der Waals surface area contributed by atoms with Crippen LogP contribution in [0.4, 0.5) is 11.4 Å². The highest BCUT2D eigenvalue weighted by atomic mass is 16.2. The molecule has 7 heteroatoms. The molecule has 0 saturated heterocycles. The van der Waals surface area contributed by atoms with E-state index >= 15 is 0 Å². The van der Waals surface area contributed by atoms with Crippen LogP contribution in [0.5, 0.6) is 0 Å². The number of rotatable bonds is 5. The predicted molar refractivity (Wildman–Crippen MR) is 119 cm³/mol. The summed E-state index contributed by atoms with van der Waals surface area (Å²) in [6, 6.07) is 9.83. The van der Waals surface area contributed by atoms with E-state index < -0.39 is 23.6 Å². The molecular formula is C25H18N2O5. The first kappa shape index (κ1) is 20.9. The molecule has 0 saturated carbocycles. The summed E-state index contributed by atoms with van der Waals surface area (Å²) in [4.78, 5) is 63.2. The normalized spacial score (nSPS) is 15.3. The highest BCUT2D eigenvalue weighted by molar-refractivity contribution is 6.29. The molecule has 32 heavy (non-hydrogen) atoms. The van der Waals surface area contributed by atoms with Crippen molar-refractivity contribution in [3.63, 3.8) is 0 Å². The second kappa shape index (κ2) is 7.70. The lowest BCUT2D eigenvalue weighted by Crippen LogP contribution is -2.30. The number of nitrogens with zero attached hydrogens (tertiary/aromatic N) is 2. The molecule has 7 nitrogen and oxygen atoms in total. The topological polar surface area (TPSA) is 91.8 Å². The average Bonchev–Trinajstić information content (AvgIpc) is 3.27. The minimum Gasteiger partial charge on any atom is -0.289 e. The van der Waals surface area contributed by atoms with E-state index in [1.807, 2.05) is 0 Å². The lowest BCUT2D eigenvalue weighted by molar-refractivity contribution is -0.121. The van der Waals surface area contributed by atoms with Gasteiger partial charge < -0.3 is 0 Å². The van der Waals surface area contributed by atoms with E-state index in [-0.39, 0.29) is 5.78 Å². The maximum Gasteiger partial charge on any atom is 0.258 e. The lowest BCUT2D eigenvalue weighted by atomic mass is 9.90. The zero-order valence-electron chi connectivity index (χ0n) is 17.4. The van der Waals surface area contributed by atoms with Gasteiger partial charge in [0.1, 0.15) is 0 Å². The van der Waals surface area contributed by atoms with Gasteiger partial charge in [-0.3, -0.25) is 24.0 Å². The van der Waals surface area contributed by atoms with Crippen LogP contribution in [0.15, 0.2) is 72.9 Å². The number of Topliss-reactive ketones (excluding diaryl/α,β-unsaturated/α-hetero) is 1. The largest absolute Gasteiger partial charge is 0.289 e. The molecule has 0 radical (unpaired) electrons. The summed E-state index contributed by atoms with van der Waals surface area (Å²) in [6.07, 6.45) is 4.78. The van der Waals surface area contributed by atoms with Crippen LogP contribution in [0.25, 0.3) is 11.1 Å². The summed E-state index contributed by atoms with van der Waals surface area (Å²) >= 11 is 0. The predicted octanol–water partition coefficient (Wildman–Crippen LogP) is 3.28. The highest BCUT2D eigenvalue weighted by Crippen LogP contribution is 2.35. The third-order valence-electron chi connectivity index (χ3n) is 5.24. The maximum absolute atomic E-state index is 13.0. The number of hydrogen-bond donors (Lipinski definition) is 0. The van der Waals surface area contributed by atoms with Crippen molar-refractivity contribution in [3.8, 4) is 11.1 Å². The van der Waals surface area contributed by atoms with Crippen LogP contribution in [0, 0.1) is 6.92 Å². The van der Waals surface area contributed by atoms with Gasteiger partial charge in [-0.25, -0.2) is 9.80 Å². The van der Waals surface area contributed by atoms with Crippen molar-refractivity contribution in [2.24, 2.45) is 0 Å². The zero-order valence-corrected chi connectivity index (χ0v) is 17.4. The van der Waals surface area contributed by atoms with Crippen LogP contribution < -0.4 is 9.80 Å². The van der Waals surface area contributed by atoms with Crippen molar-refractivity contribution in [1.29, 1.82) is 0 Å². The van der Waals surface area contributed by atoms with Crippen LogP contribution in [0.1, 0.15) is 22.8 Å². The molecule has 2 aliphatic rings. The number of anilines is 2. The second-order valence-corrected chi connectivity index (χ2v) is 7.53. The Balaban J connectivity index is 1.81. The number of hydrogen-bond acceptors (Lipinski definition) is 5. The summed E-state index contributed by atoms with van der Waals surface area (Å²) in [7, 11) is 0. The van der Waals surface area contributed by atoms with E-state index in [0.29, 0.717) is 39.2 Å². The number of benzene rings is 2. The number of carbonyl (C=O) groups is 5. The van der Waals surface area contributed by atoms with E-state index in [4.69, 9.17) is 0 Å². The Morgan fingerprint density at radius 2 is 1.22 bits per heavy atom. The number of amides is 4. The van der Waals surface area contributed by atoms with Crippen molar-refractivity contribution in [2.45, 2.75) is 13.8 Å². The number of ketones is 1. The molecule has 0 atom stereocenters. The first-order chi connectivity index (χ1) is 15.2. The van der Waals surface area contributed by atoms with E-state index in [0.717, 1.165) is 9.80 Å². The van der Waals surface area contributed by atoms with Crippen molar-refractivity contribution in [2.75, 3.05) is 9.80 Å². The first-order valence-electron chi connectivity index (χ1n) is 9.76. The van der Waals surface area contributed by atoms with Gasteiger partial charge in [0.05, 0.1) is 11.4 Å². The van der Waals surface area contributed by atoms with Crippen LogP contribution in [-0.2, 0) is 19.2 Å². The molecule has 2 aromatic rings. The van der Waals surface area contributed by atoms with E-state index in [1.54, 1.807) is 44.2 Å². The fourth-order valence-electron chi connectivity index (χ4n) is 3.78. The van der Waals surface area contributed by atoms with Gasteiger partial charge in [0, 0.05) is 29.9 Å². The molecule has 4 amide bonds. The van der Waals surface area contributed by atoms with Crippen LogP contribution in [0.3, 0.4) is 0 Å². The Kier molecular flexibility index (Phi) is 5.02. The van der Waals surface area contributed by atoms with Gasteiger partial charge in [0.15, 0.2) is 5.78 Å². The van der Waals surface area contributed by atoms with Gasteiger partial charge in [-0.2, -0.15) is 0 Å². The van der Waals surface area contributed by atoms with Crippen LogP contribution in [-0.4, -0.2) is 29.4 Å². The SMILES string of the molecule is C=C(C)C(=O)c1cc(N2C(=O)C=CC2=O)cc(C)c1-c1ccc(N2C(=O)C=CC2=O)cc1. The number of carbonyl (C=O) groups excluding carboxylic acids is 5. The zero-order chi connectivity index (χ0) is 23.2. The highest BCUT2D eigenvalue weighted by Gasteiger charge is 2.28. The van der Waals surface area contributed by atoms with Crippen LogP contribution >= 0.6 is 0 Å². The maximum atomic E-state index is 13.0. The van der Waals surface area contributed by atoms with E-state index in [2.05, 4.69) is 6.58 Å². The van der Waals surface area contributed by atoms with Gasteiger partial charge in [-0.15, -0.1) is 0 Å². The van der Waals surface area contributed by atoms with Crippen molar-refractivity contribution < 1.29 is 24.0 Å². The fourth-order valence-corrected chi connectivity index (χ4v) is 3.78. The molecule has 0 aromatic heterocycles. The molecule has 0 bridgehead atoms. The number of allylic oxidation sites excluding steroid dienone is 1. The molecule has 0 fully saturated rings. The fraction of sp³-hybridized carbons (Fsp3) is 0.0800. The van der Waals surface area contributed by atoms with E-state index in [1.165, 1.54) is 30.4 Å². The molecule has 2 aliphatic heterocycles. The van der Waals surface area contributed by atoms with Gasteiger partial charge >= 0.3 is 0 Å². The van der Waals surface area contributed by atoms with Gasteiger partial charge in [0.2, 0.25) is 0 Å². The second-order valence-electron chi connectivity index (χ2n) is 7.53. The Morgan fingerprint density at radius 1 is 0.750 bits per heavy atom. The van der Waals surface area contributed by atoms with Gasteiger partial charge in [0.25, 0.3) is 23.6 Å². The molecule has 4 rings (SSSR count). The summed E-state index contributed by atoms with van der Waals surface area (Å²) in [5, 5.41) is 0. The Morgan fingerprint density at radius 3 is 1.69 bits per heavy atom. The van der Waals surface area contributed by atoms with Crippen molar-refractivity contribution in [1.82, 2.24) is 0 Å². The smallest absolute Gasteiger partial charge is 0.258 e. The molecule has 0 N–H and O–H groups in total. The third kappa shape index (κ3) is 3.39. The molecule has 0 unspecified atom stereocenters. The van der Waals surface area contributed by atoms with Gasteiger partial charge in [-0.05, 0) is 60.4 Å². The summed E-state index contributed by atoms with van der Waals surface area (Å²) in [5.74, 6) is -2.12. The molecule has 158 valence electrons. The minimum absolute atomic E-state index is 0.294. The van der Waals surface area contributed by atoms with Crippen molar-refractivity contribution in [3.05, 3.63) is 84.0 Å². The Labute approximate surface area is 183 Å².